The third-order valence-corrected chi connectivity index (χ3v) is 4.23. The lowest BCUT2D eigenvalue weighted by Gasteiger charge is -2.27. The minimum atomic E-state index is -1.94. The Hall–Kier alpha value is -0.940. The van der Waals surface area contributed by atoms with E-state index in [-0.39, 0.29) is 6.42 Å². The van der Waals surface area contributed by atoms with Crippen LogP contribution in [0, 0.1) is 0 Å². The van der Waals surface area contributed by atoms with Gasteiger partial charge < -0.3 is 15.3 Å². The minimum Gasteiger partial charge on any atom is -0.481 e. The summed E-state index contributed by atoms with van der Waals surface area (Å²) in [5.74, 6) is -1.95. The summed E-state index contributed by atoms with van der Waals surface area (Å²) in [4.78, 5) is 23.2. The van der Waals surface area contributed by atoms with Gasteiger partial charge in [0.05, 0.1) is 6.42 Å². The molecular weight excluding hydrogens is 296 g/mol. The SMILES string of the molecule is CCCCCCCCC(O)C(=O)C(O)(CCCCC)CC(=O)O. The van der Waals surface area contributed by atoms with Gasteiger partial charge >= 0.3 is 5.97 Å². The molecule has 0 aliphatic heterocycles. The highest BCUT2D eigenvalue weighted by Crippen LogP contribution is 2.24. The zero-order chi connectivity index (χ0) is 17.7. The van der Waals surface area contributed by atoms with Crippen LogP contribution < -0.4 is 0 Å². The van der Waals surface area contributed by atoms with E-state index in [1.54, 1.807) is 0 Å². The lowest BCUT2D eigenvalue weighted by atomic mass is 9.84. The Morgan fingerprint density at radius 3 is 2.00 bits per heavy atom. The molecule has 0 aliphatic rings. The van der Waals surface area contributed by atoms with Crippen LogP contribution in [-0.2, 0) is 9.59 Å². The first-order valence-corrected chi connectivity index (χ1v) is 9.04. The highest BCUT2D eigenvalue weighted by molar-refractivity contribution is 5.93. The fraction of sp³-hybridized carbons (Fsp3) is 0.889. The molecule has 0 aliphatic carbocycles. The summed E-state index contributed by atoms with van der Waals surface area (Å²) in [5, 5.41) is 29.4. The van der Waals surface area contributed by atoms with E-state index in [0.717, 1.165) is 32.1 Å². The zero-order valence-corrected chi connectivity index (χ0v) is 14.7. The molecule has 0 amide bonds. The first-order chi connectivity index (χ1) is 10.9. The minimum absolute atomic E-state index is 0.0968. The van der Waals surface area contributed by atoms with Gasteiger partial charge in [-0.15, -0.1) is 0 Å². The zero-order valence-electron chi connectivity index (χ0n) is 14.7. The van der Waals surface area contributed by atoms with Crippen LogP contribution in [0.25, 0.3) is 0 Å². The van der Waals surface area contributed by atoms with Crippen LogP contribution in [0.4, 0.5) is 0 Å². The largest absolute Gasteiger partial charge is 0.481 e. The van der Waals surface area contributed by atoms with Crippen molar-refractivity contribution in [1.82, 2.24) is 0 Å². The van der Waals surface area contributed by atoms with Gasteiger partial charge in [-0.05, 0) is 12.8 Å². The lowest BCUT2D eigenvalue weighted by molar-refractivity contribution is -0.157. The summed E-state index contributed by atoms with van der Waals surface area (Å²) in [6.45, 7) is 4.13. The smallest absolute Gasteiger partial charge is 0.306 e. The number of aliphatic hydroxyl groups is 2. The molecule has 23 heavy (non-hydrogen) atoms. The van der Waals surface area contributed by atoms with Gasteiger partial charge in [0.25, 0.3) is 0 Å². The molecular formula is C18H34O5. The summed E-state index contributed by atoms with van der Waals surface area (Å²) in [6.07, 6.45) is 7.04. The van der Waals surface area contributed by atoms with Crippen LogP contribution in [0.3, 0.4) is 0 Å². The van der Waals surface area contributed by atoms with Gasteiger partial charge in [0.15, 0.2) is 5.78 Å². The quantitative estimate of drug-likeness (QED) is 0.400. The fourth-order valence-corrected chi connectivity index (χ4v) is 2.78. The Labute approximate surface area is 140 Å². The molecule has 5 heteroatoms. The van der Waals surface area contributed by atoms with Gasteiger partial charge in [0.2, 0.25) is 0 Å². The van der Waals surface area contributed by atoms with Gasteiger partial charge in [-0.1, -0.05) is 71.6 Å². The third kappa shape index (κ3) is 9.72. The monoisotopic (exact) mass is 330 g/mol. The molecule has 0 fully saturated rings. The molecule has 0 rings (SSSR count). The van der Waals surface area contributed by atoms with Crippen molar-refractivity contribution in [3.05, 3.63) is 0 Å². The van der Waals surface area contributed by atoms with Crippen LogP contribution in [-0.4, -0.2) is 38.8 Å². The van der Waals surface area contributed by atoms with E-state index in [1.165, 1.54) is 12.8 Å². The van der Waals surface area contributed by atoms with Crippen molar-refractivity contribution < 1.29 is 24.9 Å². The number of ketones is 1. The van der Waals surface area contributed by atoms with Crippen molar-refractivity contribution in [2.45, 2.75) is 103 Å². The Bertz CT molecular complexity index is 342. The van der Waals surface area contributed by atoms with Crippen molar-refractivity contribution in [1.29, 1.82) is 0 Å². The maximum atomic E-state index is 12.3. The van der Waals surface area contributed by atoms with Crippen LogP contribution in [0.15, 0.2) is 0 Å². The van der Waals surface area contributed by atoms with Crippen LogP contribution in [0.1, 0.15) is 90.9 Å². The molecule has 0 heterocycles. The fourth-order valence-electron chi connectivity index (χ4n) is 2.78. The molecule has 0 saturated carbocycles. The van der Waals surface area contributed by atoms with E-state index in [2.05, 4.69) is 6.92 Å². The first kappa shape index (κ1) is 22.1. The van der Waals surface area contributed by atoms with E-state index >= 15 is 0 Å². The molecule has 2 atom stereocenters. The number of aliphatic hydroxyl groups excluding tert-OH is 1. The summed E-state index contributed by atoms with van der Waals surface area (Å²) in [5.41, 5.74) is -1.94. The Morgan fingerprint density at radius 2 is 1.43 bits per heavy atom. The molecule has 0 saturated heterocycles. The lowest BCUT2D eigenvalue weighted by Crippen LogP contribution is -2.46. The average Bonchev–Trinajstić information content (AvgIpc) is 2.49. The van der Waals surface area contributed by atoms with Crippen LogP contribution in [0.5, 0.6) is 0 Å². The molecule has 2 unspecified atom stereocenters. The predicted octanol–water partition coefficient (Wildman–Crippen LogP) is 3.45. The van der Waals surface area contributed by atoms with Gasteiger partial charge in [-0.2, -0.15) is 0 Å². The van der Waals surface area contributed by atoms with Crippen LogP contribution in [0.2, 0.25) is 0 Å². The van der Waals surface area contributed by atoms with Crippen LogP contribution >= 0.6 is 0 Å². The molecule has 136 valence electrons. The van der Waals surface area contributed by atoms with Crippen molar-refractivity contribution in [3.63, 3.8) is 0 Å². The number of hydrogen-bond donors (Lipinski definition) is 3. The maximum absolute atomic E-state index is 12.3. The Balaban J connectivity index is 4.40. The molecule has 0 aromatic carbocycles. The normalized spacial score (nSPS) is 15.1. The van der Waals surface area contributed by atoms with Gasteiger partial charge in [0, 0.05) is 0 Å². The number of unbranched alkanes of at least 4 members (excludes halogenated alkanes) is 7. The van der Waals surface area contributed by atoms with E-state index in [1.807, 2.05) is 6.92 Å². The molecule has 3 N–H and O–H groups in total. The molecule has 0 radical (unpaired) electrons. The summed E-state index contributed by atoms with van der Waals surface area (Å²) in [7, 11) is 0. The summed E-state index contributed by atoms with van der Waals surface area (Å²) in [6, 6.07) is 0. The molecule has 0 bridgehead atoms. The topological polar surface area (TPSA) is 94.8 Å². The number of carbonyl (C=O) groups excluding carboxylic acids is 1. The number of carbonyl (C=O) groups is 2. The Kier molecular flexibility index (Phi) is 12.0. The van der Waals surface area contributed by atoms with Gasteiger partial charge in [-0.25, -0.2) is 0 Å². The molecule has 0 spiro atoms. The molecule has 5 nitrogen and oxygen atoms in total. The number of carboxylic acid groups (broad SMARTS) is 1. The number of carboxylic acids is 1. The second-order valence-electron chi connectivity index (χ2n) is 6.50. The average molecular weight is 330 g/mol. The highest BCUT2D eigenvalue weighted by Gasteiger charge is 2.40. The number of Topliss-reactive ketones (excluding diaryl/α,β-unsaturated/α-hetero) is 1. The number of aliphatic carboxylic acids is 1. The third-order valence-electron chi connectivity index (χ3n) is 4.23. The number of rotatable bonds is 15. The second kappa shape index (κ2) is 12.5. The van der Waals surface area contributed by atoms with E-state index in [9.17, 15) is 19.8 Å². The van der Waals surface area contributed by atoms with E-state index in [0.29, 0.717) is 19.3 Å². The Morgan fingerprint density at radius 1 is 0.913 bits per heavy atom. The predicted molar refractivity (Wildman–Crippen MR) is 90.4 cm³/mol. The first-order valence-electron chi connectivity index (χ1n) is 9.04. The summed E-state index contributed by atoms with van der Waals surface area (Å²) >= 11 is 0. The van der Waals surface area contributed by atoms with E-state index < -0.39 is 29.9 Å². The van der Waals surface area contributed by atoms with Gasteiger partial charge in [0.1, 0.15) is 11.7 Å². The van der Waals surface area contributed by atoms with Crippen molar-refractivity contribution >= 4 is 11.8 Å². The second-order valence-corrected chi connectivity index (χ2v) is 6.50. The van der Waals surface area contributed by atoms with E-state index in [4.69, 9.17) is 5.11 Å². The maximum Gasteiger partial charge on any atom is 0.306 e. The highest BCUT2D eigenvalue weighted by atomic mass is 16.4. The van der Waals surface area contributed by atoms with Crippen molar-refractivity contribution in [3.8, 4) is 0 Å². The van der Waals surface area contributed by atoms with Gasteiger partial charge in [-0.3, -0.25) is 9.59 Å². The van der Waals surface area contributed by atoms with Crippen molar-refractivity contribution in [2.24, 2.45) is 0 Å². The standard InChI is InChI=1S/C18H34O5/c1-3-5-7-8-9-10-12-15(19)17(22)18(23,14-16(20)21)13-11-6-4-2/h15,19,23H,3-14H2,1-2H3,(H,20,21). The van der Waals surface area contributed by atoms with Crippen molar-refractivity contribution in [2.75, 3.05) is 0 Å². The summed E-state index contributed by atoms with van der Waals surface area (Å²) < 4.78 is 0. The molecule has 0 aromatic rings. The number of hydrogen-bond acceptors (Lipinski definition) is 4. The molecule has 0 aromatic heterocycles.